The number of nitrogens with two attached hydrogens (primary N) is 1. The van der Waals surface area contributed by atoms with E-state index >= 15 is 0 Å². The lowest BCUT2D eigenvalue weighted by molar-refractivity contribution is -0.146. The summed E-state index contributed by atoms with van der Waals surface area (Å²) in [5.74, 6) is -0.412. The van der Waals surface area contributed by atoms with E-state index in [1.54, 1.807) is 0 Å². The van der Waals surface area contributed by atoms with Crippen molar-refractivity contribution in [2.24, 2.45) is 5.73 Å². The molecule has 0 heterocycles. The van der Waals surface area contributed by atoms with Gasteiger partial charge < -0.3 is 15.6 Å². The number of aliphatic hydroxyl groups is 1. The van der Waals surface area contributed by atoms with E-state index in [-0.39, 0.29) is 13.2 Å². The van der Waals surface area contributed by atoms with E-state index in [2.05, 4.69) is 11.7 Å². The minimum absolute atomic E-state index is 0.0420. The van der Waals surface area contributed by atoms with Gasteiger partial charge in [0.2, 0.25) is 0 Å². The molecule has 4 heteroatoms. The van der Waals surface area contributed by atoms with Gasteiger partial charge in [0, 0.05) is 0 Å². The Bertz CT molecular complexity index is 139. The van der Waals surface area contributed by atoms with Gasteiger partial charge in [0.25, 0.3) is 0 Å². The van der Waals surface area contributed by atoms with E-state index in [1.165, 1.54) is 0 Å². The van der Waals surface area contributed by atoms with Crippen LogP contribution in [0.3, 0.4) is 0 Å². The molecule has 0 amide bonds. The van der Waals surface area contributed by atoms with Crippen molar-refractivity contribution in [3.63, 3.8) is 0 Å². The van der Waals surface area contributed by atoms with Crippen LogP contribution in [0.1, 0.15) is 32.6 Å². The summed E-state index contributed by atoms with van der Waals surface area (Å²) in [6, 6.07) is -0.530. The normalized spacial score (nSPS) is 12.5. The minimum Gasteiger partial charge on any atom is -0.462 e. The molecule has 0 radical (unpaired) electrons. The van der Waals surface area contributed by atoms with Gasteiger partial charge in [-0.15, -0.1) is 0 Å². The number of unbranched alkanes of at least 4 members (excludes halogenated alkanes) is 2. The van der Waals surface area contributed by atoms with Gasteiger partial charge in [-0.1, -0.05) is 26.2 Å². The molecule has 0 aliphatic rings. The molecule has 13 heavy (non-hydrogen) atoms. The zero-order valence-electron chi connectivity index (χ0n) is 8.16. The average Bonchev–Trinajstić information content (AvgIpc) is 2.14. The molecule has 0 bridgehead atoms. The van der Waals surface area contributed by atoms with Gasteiger partial charge in [0.1, 0.15) is 12.6 Å². The molecule has 0 fully saturated rings. The van der Waals surface area contributed by atoms with Crippen LogP contribution in [-0.4, -0.2) is 30.3 Å². The summed E-state index contributed by atoms with van der Waals surface area (Å²) in [6.07, 6.45) is 3.81. The summed E-state index contributed by atoms with van der Waals surface area (Å²) in [4.78, 5) is 11.0. The SMILES string of the molecule is CCCCCC(N)C(=O)OCCO. The lowest BCUT2D eigenvalue weighted by atomic mass is 10.1. The molecule has 0 spiro atoms. The van der Waals surface area contributed by atoms with Crippen LogP contribution in [0, 0.1) is 0 Å². The quantitative estimate of drug-likeness (QED) is 0.450. The first kappa shape index (κ1) is 12.4. The van der Waals surface area contributed by atoms with Crippen molar-refractivity contribution >= 4 is 5.97 Å². The number of carbonyl (C=O) groups excluding carboxylic acids is 1. The first-order valence-electron chi connectivity index (χ1n) is 4.75. The predicted molar refractivity (Wildman–Crippen MR) is 50.2 cm³/mol. The molecule has 0 aliphatic heterocycles. The minimum atomic E-state index is -0.530. The Morgan fingerprint density at radius 2 is 2.23 bits per heavy atom. The molecule has 0 rings (SSSR count). The summed E-state index contributed by atoms with van der Waals surface area (Å²) in [6.45, 7) is 1.99. The van der Waals surface area contributed by atoms with Crippen molar-refractivity contribution in [2.45, 2.75) is 38.6 Å². The summed E-state index contributed by atoms with van der Waals surface area (Å²) < 4.78 is 4.67. The first-order valence-corrected chi connectivity index (χ1v) is 4.75. The van der Waals surface area contributed by atoms with Gasteiger partial charge >= 0.3 is 5.97 Å². The average molecular weight is 189 g/mol. The molecular formula is C9H19NO3. The molecule has 0 aromatic rings. The number of esters is 1. The van der Waals surface area contributed by atoms with E-state index in [9.17, 15) is 4.79 Å². The van der Waals surface area contributed by atoms with Crippen LogP contribution in [0.5, 0.6) is 0 Å². The molecule has 4 nitrogen and oxygen atoms in total. The third-order valence-electron chi connectivity index (χ3n) is 1.76. The number of aliphatic hydroxyl groups excluding tert-OH is 1. The highest BCUT2D eigenvalue weighted by atomic mass is 16.5. The lowest BCUT2D eigenvalue weighted by Crippen LogP contribution is -2.32. The number of hydrogen-bond acceptors (Lipinski definition) is 4. The highest BCUT2D eigenvalue weighted by Gasteiger charge is 2.13. The second-order valence-electron chi connectivity index (χ2n) is 2.99. The van der Waals surface area contributed by atoms with Gasteiger partial charge in [0.05, 0.1) is 6.61 Å². The van der Waals surface area contributed by atoms with Gasteiger partial charge in [0.15, 0.2) is 0 Å². The zero-order chi connectivity index (χ0) is 10.1. The maximum atomic E-state index is 11.0. The molecule has 0 aromatic carbocycles. The van der Waals surface area contributed by atoms with Crippen molar-refractivity contribution in [2.75, 3.05) is 13.2 Å². The number of hydrogen-bond donors (Lipinski definition) is 2. The maximum Gasteiger partial charge on any atom is 0.322 e. The van der Waals surface area contributed by atoms with Crippen LogP contribution in [0.25, 0.3) is 0 Å². The van der Waals surface area contributed by atoms with Crippen LogP contribution < -0.4 is 5.73 Å². The third kappa shape index (κ3) is 6.54. The van der Waals surface area contributed by atoms with Crippen molar-refractivity contribution in [3.8, 4) is 0 Å². The van der Waals surface area contributed by atoms with E-state index in [4.69, 9.17) is 10.8 Å². The second kappa shape index (κ2) is 8.01. The van der Waals surface area contributed by atoms with E-state index in [0.717, 1.165) is 19.3 Å². The van der Waals surface area contributed by atoms with Crippen LogP contribution >= 0.6 is 0 Å². The van der Waals surface area contributed by atoms with Crippen molar-refractivity contribution in [3.05, 3.63) is 0 Å². The Labute approximate surface area is 79.1 Å². The molecule has 3 N–H and O–H groups in total. The third-order valence-corrected chi connectivity index (χ3v) is 1.76. The molecular weight excluding hydrogens is 170 g/mol. The van der Waals surface area contributed by atoms with Crippen molar-refractivity contribution in [1.29, 1.82) is 0 Å². The smallest absolute Gasteiger partial charge is 0.322 e. The summed E-state index contributed by atoms with van der Waals surface area (Å²) in [5, 5.41) is 8.39. The summed E-state index contributed by atoms with van der Waals surface area (Å²) >= 11 is 0. The molecule has 0 aliphatic carbocycles. The van der Waals surface area contributed by atoms with Crippen molar-refractivity contribution < 1.29 is 14.6 Å². The number of carbonyl (C=O) groups is 1. The standard InChI is InChI=1S/C9H19NO3/c1-2-3-4-5-8(10)9(12)13-7-6-11/h8,11H,2-7,10H2,1H3. The lowest BCUT2D eigenvalue weighted by Gasteiger charge is -2.09. The topological polar surface area (TPSA) is 72.6 Å². The van der Waals surface area contributed by atoms with Crippen LogP contribution in [0.2, 0.25) is 0 Å². The van der Waals surface area contributed by atoms with Crippen LogP contribution in [0.4, 0.5) is 0 Å². The zero-order valence-corrected chi connectivity index (χ0v) is 8.16. The fourth-order valence-electron chi connectivity index (χ4n) is 0.985. The Morgan fingerprint density at radius 3 is 2.77 bits per heavy atom. The predicted octanol–water partition coefficient (Wildman–Crippen LogP) is 0.430. The number of ether oxygens (including phenoxy) is 1. The van der Waals surface area contributed by atoms with E-state index in [1.807, 2.05) is 0 Å². The fourth-order valence-corrected chi connectivity index (χ4v) is 0.985. The molecule has 0 saturated carbocycles. The van der Waals surface area contributed by atoms with Gasteiger partial charge in [-0.05, 0) is 6.42 Å². The van der Waals surface area contributed by atoms with Crippen LogP contribution in [0.15, 0.2) is 0 Å². The largest absolute Gasteiger partial charge is 0.462 e. The molecule has 78 valence electrons. The van der Waals surface area contributed by atoms with Gasteiger partial charge in [-0.25, -0.2) is 0 Å². The Balaban J connectivity index is 3.45. The number of rotatable bonds is 7. The first-order chi connectivity index (χ1) is 6.22. The monoisotopic (exact) mass is 189 g/mol. The summed E-state index contributed by atoms with van der Waals surface area (Å²) in [7, 11) is 0. The Hall–Kier alpha value is -0.610. The van der Waals surface area contributed by atoms with Gasteiger partial charge in [-0.2, -0.15) is 0 Å². The van der Waals surface area contributed by atoms with E-state index < -0.39 is 12.0 Å². The second-order valence-corrected chi connectivity index (χ2v) is 2.99. The van der Waals surface area contributed by atoms with Crippen molar-refractivity contribution in [1.82, 2.24) is 0 Å². The maximum absolute atomic E-state index is 11.0. The molecule has 0 saturated heterocycles. The highest BCUT2D eigenvalue weighted by Crippen LogP contribution is 2.02. The fraction of sp³-hybridized carbons (Fsp3) is 0.889. The Morgan fingerprint density at radius 1 is 1.54 bits per heavy atom. The molecule has 0 aromatic heterocycles. The Kier molecular flexibility index (Phi) is 7.63. The van der Waals surface area contributed by atoms with Crippen LogP contribution in [-0.2, 0) is 9.53 Å². The highest BCUT2D eigenvalue weighted by molar-refractivity contribution is 5.75. The van der Waals surface area contributed by atoms with Gasteiger partial charge in [-0.3, -0.25) is 4.79 Å². The van der Waals surface area contributed by atoms with E-state index in [0.29, 0.717) is 6.42 Å². The molecule has 1 unspecified atom stereocenters. The molecule has 1 atom stereocenters. The summed E-state index contributed by atoms with van der Waals surface area (Å²) in [5.41, 5.74) is 5.54.